The number of halogens is 2. The van der Waals surface area contributed by atoms with Crippen molar-refractivity contribution in [3.63, 3.8) is 0 Å². The molecule has 5 nitrogen and oxygen atoms in total. The zero-order valence-corrected chi connectivity index (χ0v) is 18.9. The number of hydrogen-bond acceptors (Lipinski definition) is 3. The van der Waals surface area contributed by atoms with E-state index in [1.54, 1.807) is 7.11 Å². The summed E-state index contributed by atoms with van der Waals surface area (Å²) in [5.74, 6) is 0.892. The lowest BCUT2D eigenvalue weighted by Crippen LogP contribution is -2.40. The first-order valence-corrected chi connectivity index (χ1v) is 9.60. The Bertz CT molecular complexity index is 544. The minimum absolute atomic E-state index is 0. The van der Waals surface area contributed by atoms with Gasteiger partial charge < -0.3 is 15.4 Å². The Morgan fingerprint density at radius 3 is 2.96 bits per heavy atom. The lowest BCUT2D eigenvalue weighted by molar-refractivity contribution is 0.142. The van der Waals surface area contributed by atoms with E-state index in [-0.39, 0.29) is 24.0 Å². The molecular formula is C19H32ClIN4O. The van der Waals surface area contributed by atoms with E-state index in [4.69, 9.17) is 21.3 Å². The molecule has 0 aliphatic carbocycles. The summed E-state index contributed by atoms with van der Waals surface area (Å²) in [5.41, 5.74) is 1.23. The largest absolute Gasteiger partial charge is 0.383 e. The molecule has 1 aliphatic rings. The van der Waals surface area contributed by atoms with Crippen molar-refractivity contribution in [1.82, 2.24) is 15.5 Å². The first kappa shape index (κ1) is 23.5. The number of methoxy groups -OCH3 is 1. The second-order valence-electron chi connectivity index (χ2n) is 6.35. The Morgan fingerprint density at radius 1 is 1.38 bits per heavy atom. The summed E-state index contributed by atoms with van der Waals surface area (Å²) in [6.07, 6.45) is 3.39. The van der Waals surface area contributed by atoms with Crippen LogP contribution in [0.1, 0.15) is 25.3 Å². The first-order valence-electron chi connectivity index (χ1n) is 9.22. The van der Waals surface area contributed by atoms with Gasteiger partial charge in [-0.3, -0.25) is 9.89 Å². The predicted molar refractivity (Wildman–Crippen MR) is 121 cm³/mol. The lowest BCUT2D eigenvalue weighted by atomic mass is 10.1. The van der Waals surface area contributed by atoms with Gasteiger partial charge in [0.1, 0.15) is 0 Å². The van der Waals surface area contributed by atoms with Crippen LogP contribution in [0.5, 0.6) is 0 Å². The highest BCUT2D eigenvalue weighted by atomic mass is 127. The average Bonchev–Trinajstić information content (AvgIpc) is 3.05. The van der Waals surface area contributed by atoms with Crippen molar-refractivity contribution in [2.45, 2.75) is 32.2 Å². The number of rotatable bonds is 9. The number of benzene rings is 1. The Labute approximate surface area is 179 Å². The van der Waals surface area contributed by atoms with Crippen LogP contribution in [0, 0.1) is 0 Å². The van der Waals surface area contributed by atoms with Gasteiger partial charge in [0.25, 0.3) is 0 Å². The van der Waals surface area contributed by atoms with Crippen LogP contribution in [0.2, 0.25) is 5.02 Å². The van der Waals surface area contributed by atoms with Gasteiger partial charge in [-0.05, 0) is 50.4 Å². The van der Waals surface area contributed by atoms with E-state index in [2.05, 4.69) is 28.5 Å². The number of nitrogens with zero attached hydrogens (tertiary/aromatic N) is 2. The molecule has 2 rings (SSSR count). The minimum Gasteiger partial charge on any atom is -0.383 e. The van der Waals surface area contributed by atoms with Crippen LogP contribution in [-0.2, 0) is 11.2 Å². The summed E-state index contributed by atoms with van der Waals surface area (Å²) < 4.78 is 5.21. The molecule has 0 saturated carbocycles. The first-order chi connectivity index (χ1) is 12.2. The van der Waals surface area contributed by atoms with Crippen molar-refractivity contribution in [1.29, 1.82) is 0 Å². The smallest absolute Gasteiger partial charge is 0.191 e. The van der Waals surface area contributed by atoms with Crippen LogP contribution in [0.3, 0.4) is 0 Å². The molecule has 1 aliphatic heterocycles. The van der Waals surface area contributed by atoms with Gasteiger partial charge in [0.2, 0.25) is 0 Å². The number of guanidine groups is 1. The van der Waals surface area contributed by atoms with Crippen molar-refractivity contribution in [2.24, 2.45) is 4.99 Å². The molecule has 0 spiro atoms. The molecule has 0 aromatic heterocycles. The van der Waals surface area contributed by atoms with Gasteiger partial charge >= 0.3 is 0 Å². The monoisotopic (exact) mass is 494 g/mol. The highest BCUT2D eigenvalue weighted by molar-refractivity contribution is 14.0. The van der Waals surface area contributed by atoms with Gasteiger partial charge in [-0.1, -0.05) is 23.7 Å². The Kier molecular flexibility index (Phi) is 12.3. The number of likely N-dealkylation sites (tertiary alicyclic amines) is 1. The van der Waals surface area contributed by atoms with Crippen molar-refractivity contribution in [3.05, 3.63) is 34.9 Å². The summed E-state index contributed by atoms with van der Waals surface area (Å²) in [6.45, 7) is 7.56. The molecule has 0 amide bonds. The highest BCUT2D eigenvalue weighted by Gasteiger charge is 2.23. The number of aliphatic imine (C=N–C) groups is 1. The number of nitrogens with one attached hydrogen (secondary N) is 2. The highest BCUT2D eigenvalue weighted by Crippen LogP contribution is 2.16. The maximum atomic E-state index is 6.04. The molecule has 1 fully saturated rings. The normalized spacial score (nSPS) is 17.8. The molecule has 1 saturated heterocycles. The Morgan fingerprint density at radius 2 is 2.23 bits per heavy atom. The third-order valence-electron chi connectivity index (χ3n) is 4.48. The van der Waals surface area contributed by atoms with Crippen LogP contribution in [0.25, 0.3) is 0 Å². The van der Waals surface area contributed by atoms with Crippen LogP contribution >= 0.6 is 35.6 Å². The molecule has 148 valence electrons. The van der Waals surface area contributed by atoms with E-state index >= 15 is 0 Å². The van der Waals surface area contributed by atoms with Crippen molar-refractivity contribution < 1.29 is 4.74 Å². The molecular weight excluding hydrogens is 463 g/mol. The Hall–Kier alpha value is -0.570. The molecule has 7 heteroatoms. The zero-order valence-electron chi connectivity index (χ0n) is 15.8. The number of hydrogen-bond donors (Lipinski definition) is 2. The van der Waals surface area contributed by atoms with Crippen LogP contribution < -0.4 is 10.6 Å². The fourth-order valence-corrected chi connectivity index (χ4v) is 3.37. The third-order valence-corrected chi connectivity index (χ3v) is 4.72. The molecule has 26 heavy (non-hydrogen) atoms. The van der Waals surface area contributed by atoms with Gasteiger partial charge in [0, 0.05) is 37.8 Å². The fourth-order valence-electron chi connectivity index (χ4n) is 3.16. The quantitative estimate of drug-likeness (QED) is 0.315. The van der Waals surface area contributed by atoms with Gasteiger partial charge in [0.15, 0.2) is 5.96 Å². The molecule has 0 radical (unpaired) electrons. The maximum Gasteiger partial charge on any atom is 0.191 e. The Balaban J connectivity index is 0.00000338. The molecule has 1 aromatic rings. The van der Waals surface area contributed by atoms with Crippen molar-refractivity contribution in [2.75, 3.05) is 46.4 Å². The second kappa shape index (κ2) is 13.6. The topological polar surface area (TPSA) is 48.9 Å². The fraction of sp³-hybridized carbons (Fsp3) is 0.632. The summed E-state index contributed by atoms with van der Waals surface area (Å²) in [7, 11) is 1.76. The van der Waals surface area contributed by atoms with Gasteiger partial charge in [-0.15, -0.1) is 24.0 Å². The molecule has 1 atom stereocenters. The van der Waals surface area contributed by atoms with E-state index in [0.717, 1.165) is 56.7 Å². The van der Waals surface area contributed by atoms with E-state index < -0.39 is 0 Å². The molecule has 0 bridgehead atoms. The SMILES string of the molecule is CCNC(=NCC1CCCN1CCOC)NCCc1cccc(Cl)c1.I. The van der Waals surface area contributed by atoms with E-state index in [0.29, 0.717) is 6.04 Å². The second-order valence-corrected chi connectivity index (χ2v) is 6.79. The van der Waals surface area contributed by atoms with Crippen LogP contribution in [-0.4, -0.2) is 63.3 Å². The number of ether oxygens (including phenoxy) is 1. The summed E-state index contributed by atoms with van der Waals surface area (Å²) in [4.78, 5) is 7.28. The summed E-state index contributed by atoms with van der Waals surface area (Å²) in [5, 5.41) is 7.54. The summed E-state index contributed by atoms with van der Waals surface area (Å²) >= 11 is 6.04. The summed E-state index contributed by atoms with van der Waals surface area (Å²) in [6, 6.07) is 8.54. The molecule has 1 unspecified atom stereocenters. The maximum absolute atomic E-state index is 6.04. The standard InChI is InChI=1S/C19H31ClN4O.HI/c1-3-21-19(22-10-9-16-6-4-7-17(20)14-16)23-15-18-8-5-11-24(18)12-13-25-2;/h4,6-7,14,18H,3,5,8-13,15H2,1-2H3,(H2,21,22,23);1H. The van der Waals surface area contributed by atoms with E-state index in [1.165, 1.54) is 18.4 Å². The van der Waals surface area contributed by atoms with Gasteiger partial charge in [-0.2, -0.15) is 0 Å². The van der Waals surface area contributed by atoms with Crippen LogP contribution in [0.15, 0.2) is 29.3 Å². The van der Waals surface area contributed by atoms with Crippen LogP contribution in [0.4, 0.5) is 0 Å². The van der Waals surface area contributed by atoms with E-state index in [1.807, 2.05) is 18.2 Å². The van der Waals surface area contributed by atoms with E-state index in [9.17, 15) is 0 Å². The van der Waals surface area contributed by atoms with Gasteiger partial charge in [-0.25, -0.2) is 0 Å². The third kappa shape index (κ3) is 8.41. The molecule has 2 N–H and O–H groups in total. The molecule has 1 aromatic carbocycles. The lowest BCUT2D eigenvalue weighted by Gasteiger charge is -2.23. The zero-order chi connectivity index (χ0) is 17.9. The average molecular weight is 495 g/mol. The van der Waals surface area contributed by atoms with Crippen molar-refractivity contribution in [3.8, 4) is 0 Å². The minimum atomic E-state index is 0. The molecule has 1 heterocycles. The van der Waals surface area contributed by atoms with Gasteiger partial charge in [0.05, 0.1) is 13.2 Å². The van der Waals surface area contributed by atoms with Crippen molar-refractivity contribution >= 4 is 41.5 Å². The predicted octanol–water partition coefficient (Wildman–Crippen LogP) is 3.17.